The van der Waals surface area contributed by atoms with Gasteiger partial charge in [-0.05, 0) is 37.1 Å². The number of hydrogen-bond acceptors (Lipinski definition) is 7. The van der Waals surface area contributed by atoms with Crippen LogP contribution in [-0.2, 0) is 26.8 Å². The largest absolute Gasteiger partial charge is 0.465 e. The van der Waals surface area contributed by atoms with Crippen molar-refractivity contribution in [2.24, 2.45) is 0 Å². The molecule has 0 saturated carbocycles. The van der Waals surface area contributed by atoms with Crippen LogP contribution in [0.5, 0.6) is 0 Å². The highest BCUT2D eigenvalue weighted by atomic mass is 32.2. The average molecular weight is 531 g/mol. The Morgan fingerprint density at radius 1 is 1.16 bits per heavy atom. The number of hydrogen-bond donors (Lipinski definition) is 4. The maximum absolute atomic E-state index is 12.8. The fourth-order valence-corrected chi connectivity index (χ4v) is 5.16. The quantitative estimate of drug-likeness (QED) is 0.238. The maximum Gasteiger partial charge on any atom is 0.407 e. The molecule has 1 atom stereocenters. The van der Waals surface area contributed by atoms with Crippen LogP contribution in [0.25, 0.3) is 0 Å². The van der Waals surface area contributed by atoms with Crippen LogP contribution in [0.4, 0.5) is 9.59 Å². The molecule has 1 saturated heterocycles. The number of likely N-dealkylation sites (tertiary alicyclic amines) is 1. The van der Waals surface area contributed by atoms with Crippen LogP contribution < -0.4 is 5.48 Å². The first-order chi connectivity index (χ1) is 17.3. The lowest BCUT2D eigenvalue weighted by molar-refractivity contribution is -0.131. The Morgan fingerprint density at radius 2 is 1.78 bits per heavy atom. The van der Waals surface area contributed by atoms with E-state index in [1.165, 1.54) is 21.9 Å². The molecule has 1 unspecified atom stereocenters. The molecule has 0 aliphatic carbocycles. The van der Waals surface area contributed by atoms with Gasteiger partial charge in [-0.3, -0.25) is 14.6 Å². The first-order valence-electron chi connectivity index (χ1n) is 11.2. The van der Waals surface area contributed by atoms with E-state index in [9.17, 15) is 27.9 Å². The van der Waals surface area contributed by atoms with Crippen molar-refractivity contribution in [2.75, 3.05) is 25.9 Å². The zero-order valence-corrected chi connectivity index (χ0v) is 20.9. The average Bonchev–Trinajstić information content (AvgIpc) is 3.36. The number of carbonyl (C=O) groups is 3. The number of benzene rings is 1. The van der Waals surface area contributed by atoms with Crippen LogP contribution in [-0.4, -0.2) is 86.9 Å². The Morgan fingerprint density at radius 3 is 2.32 bits per heavy atom. The predicted molar refractivity (Wildman–Crippen MR) is 129 cm³/mol. The van der Waals surface area contributed by atoms with E-state index in [4.69, 9.17) is 10.3 Å². The molecule has 0 bridgehead atoms. The Labute approximate surface area is 213 Å². The topological polar surface area (TPSA) is 169 Å². The summed E-state index contributed by atoms with van der Waals surface area (Å²) >= 11 is 0. The second-order valence-electron chi connectivity index (χ2n) is 9.49. The van der Waals surface area contributed by atoms with Gasteiger partial charge in [-0.2, -0.15) is 0 Å². The van der Waals surface area contributed by atoms with Crippen molar-refractivity contribution in [3.63, 3.8) is 0 Å². The van der Waals surface area contributed by atoms with Gasteiger partial charge in [0.2, 0.25) is 0 Å². The number of hydroxylamine groups is 1. The summed E-state index contributed by atoms with van der Waals surface area (Å²) < 4.78 is 23.8. The van der Waals surface area contributed by atoms with Gasteiger partial charge >= 0.3 is 12.1 Å². The van der Waals surface area contributed by atoms with E-state index in [0.717, 1.165) is 11.2 Å². The van der Waals surface area contributed by atoms with Crippen molar-refractivity contribution in [2.45, 2.75) is 30.2 Å². The molecule has 0 radical (unpaired) electrons. The summed E-state index contributed by atoms with van der Waals surface area (Å²) in [5.74, 6) is 4.91. The fraction of sp³-hybridized carbons (Fsp3) is 0.375. The maximum atomic E-state index is 12.8. The molecule has 2 aromatic rings. The summed E-state index contributed by atoms with van der Waals surface area (Å²) in [5.41, 5.74) is 2.72. The first-order valence-corrected chi connectivity index (χ1v) is 13.1. The molecular weight excluding hydrogens is 504 g/mol. The van der Waals surface area contributed by atoms with Crippen molar-refractivity contribution < 1.29 is 38.2 Å². The number of β-amino-alcohol motifs (C(OH)–C–C–N with tert-alkyl or cyclic N) is 1. The van der Waals surface area contributed by atoms with Crippen molar-refractivity contribution in [1.29, 1.82) is 0 Å². The molecule has 12 nitrogen and oxygen atoms in total. The molecule has 196 valence electrons. The van der Waals surface area contributed by atoms with E-state index in [0.29, 0.717) is 22.4 Å². The van der Waals surface area contributed by atoms with Gasteiger partial charge in [0, 0.05) is 35.8 Å². The van der Waals surface area contributed by atoms with Crippen molar-refractivity contribution >= 4 is 27.9 Å². The van der Waals surface area contributed by atoms with Crippen molar-refractivity contribution in [3.8, 4) is 11.8 Å². The van der Waals surface area contributed by atoms with Crippen LogP contribution in [0.2, 0.25) is 0 Å². The van der Waals surface area contributed by atoms with E-state index in [2.05, 4.69) is 11.8 Å². The molecule has 4 rings (SSSR count). The van der Waals surface area contributed by atoms with E-state index in [1.807, 2.05) is 0 Å². The Kier molecular flexibility index (Phi) is 6.53. The minimum Gasteiger partial charge on any atom is -0.465 e. The number of nitrogens with one attached hydrogen (secondary N) is 1. The third-order valence-electron chi connectivity index (χ3n) is 6.94. The predicted octanol–water partition coefficient (Wildman–Crippen LogP) is 0.552. The molecule has 1 aromatic heterocycles. The van der Waals surface area contributed by atoms with Crippen LogP contribution in [0.3, 0.4) is 0 Å². The fourth-order valence-electron chi connectivity index (χ4n) is 4.31. The van der Waals surface area contributed by atoms with Gasteiger partial charge in [-0.15, -0.1) is 0 Å². The zero-order valence-electron chi connectivity index (χ0n) is 20.1. The summed E-state index contributed by atoms with van der Waals surface area (Å²) in [4.78, 5) is 38.3. The van der Waals surface area contributed by atoms with Crippen LogP contribution >= 0.6 is 0 Å². The molecule has 3 amide bonds. The van der Waals surface area contributed by atoms with Gasteiger partial charge in [-0.1, -0.05) is 24.0 Å². The number of aromatic nitrogens is 1. The molecule has 1 aromatic carbocycles. The summed E-state index contributed by atoms with van der Waals surface area (Å²) in [6.07, 6.45) is 1.21. The number of carbonyl (C=O) groups excluding carboxylic acids is 2. The number of nitrogens with zero attached hydrogens (tertiary/aromatic N) is 3. The van der Waals surface area contributed by atoms with Crippen LogP contribution in [0.15, 0.2) is 36.5 Å². The molecule has 37 heavy (non-hydrogen) atoms. The summed E-state index contributed by atoms with van der Waals surface area (Å²) in [7, 11) is -3.87. The van der Waals surface area contributed by atoms with Gasteiger partial charge < -0.3 is 20.0 Å². The first kappa shape index (κ1) is 26.2. The standard InChI is InChI=1S/C24H26N4O8S/c1-23(20(29)25-34,37(2,35)36)9-10-26-13-19-11-17(12-28(19)21(26)30)4-3-16-5-7-18(8-6-16)24(33)14-27(15-24)22(31)32/h5-8,11-12,33-34H,9-10,13-15H2,1-2H3,(H,25,29)(H,31,32). The number of amides is 3. The lowest BCUT2D eigenvalue weighted by Gasteiger charge is -2.45. The summed E-state index contributed by atoms with van der Waals surface area (Å²) in [6.45, 7) is 1.42. The molecule has 0 spiro atoms. The Bertz CT molecular complexity index is 1430. The van der Waals surface area contributed by atoms with Gasteiger partial charge in [0.05, 0.1) is 19.6 Å². The Hall–Kier alpha value is -3.86. The van der Waals surface area contributed by atoms with Gasteiger partial charge in [0.1, 0.15) is 5.60 Å². The monoisotopic (exact) mass is 530 g/mol. The van der Waals surface area contributed by atoms with Crippen LogP contribution in [0.1, 0.15) is 35.7 Å². The van der Waals surface area contributed by atoms with E-state index in [-0.39, 0.29) is 38.6 Å². The van der Waals surface area contributed by atoms with Gasteiger partial charge in [0.15, 0.2) is 14.6 Å². The number of aliphatic hydroxyl groups is 1. The normalized spacial score (nSPS) is 17.8. The van der Waals surface area contributed by atoms with Crippen LogP contribution in [0, 0.1) is 11.8 Å². The van der Waals surface area contributed by atoms with Crippen molar-refractivity contribution in [3.05, 3.63) is 58.9 Å². The minimum absolute atomic E-state index is 0.0107. The highest BCUT2D eigenvalue weighted by Crippen LogP contribution is 2.32. The number of fused-ring (bicyclic) bond motifs is 1. The number of carboxylic acid groups (broad SMARTS) is 1. The highest BCUT2D eigenvalue weighted by molar-refractivity contribution is 7.92. The van der Waals surface area contributed by atoms with Crippen molar-refractivity contribution in [1.82, 2.24) is 19.8 Å². The third kappa shape index (κ3) is 4.78. The SMILES string of the molecule is CC(CCN1Cc2cc(C#Cc3ccc(C4(O)CN(C(=O)O)C4)cc3)cn2C1=O)(C(=O)NO)S(C)(=O)=O. The minimum atomic E-state index is -3.87. The molecular formula is C24H26N4O8S. The molecule has 13 heteroatoms. The van der Waals surface area contributed by atoms with Gasteiger partial charge in [-0.25, -0.2) is 23.5 Å². The molecule has 2 aliphatic rings. The lowest BCUT2D eigenvalue weighted by atomic mass is 9.86. The summed E-state index contributed by atoms with van der Waals surface area (Å²) in [6, 6.07) is 8.21. The second kappa shape index (κ2) is 9.22. The lowest BCUT2D eigenvalue weighted by Crippen LogP contribution is -2.60. The number of sulfone groups is 1. The van der Waals surface area contributed by atoms with E-state index in [1.54, 1.807) is 36.5 Å². The molecule has 2 aliphatic heterocycles. The van der Waals surface area contributed by atoms with Gasteiger partial charge in [0.25, 0.3) is 5.91 Å². The molecule has 4 N–H and O–H groups in total. The highest BCUT2D eigenvalue weighted by Gasteiger charge is 2.45. The summed E-state index contributed by atoms with van der Waals surface area (Å²) in [5, 5.41) is 28.4. The molecule has 3 heterocycles. The van der Waals surface area contributed by atoms with E-state index < -0.39 is 32.2 Å². The zero-order chi connectivity index (χ0) is 27.2. The molecule has 1 fully saturated rings. The Balaban J connectivity index is 1.40. The number of rotatable bonds is 6. The smallest absolute Gasteiger partial charge is 0.407 e. The third-order valence-corrected chi connectivity index (χ3v) is 8.96. The second-order valence-corrected chi connectivity index (χ2v) is 11.9. The van der Waals surface area contributed by atoms with E-state index >= 15 is 0 Å².